The Morgan fingerprint density at radius 1 is 1.24 bits per heavy atom. The molecular weight excluding hydrogens is 445 g/mol. The second-order valence-electron chi connectivity index (χ2n) is 9.79. The third-order valence-electron chi connectivity index (χ3n) is 6.72. The van der Waals surface area contributed by atoms with Gasteiger partial charge in [0.15, 0.2) is 11.6 Å². The van der Waals surface area contributed by atoms with Gasteiger partial charge < -0.3 is 15.3 Å². The Hall–Kier alpha value is -2.01. The van der Waals surface area contributed by atoms with Crippen LogP contribution in [0.4, 0.5) is 13.2 Å². The van der Waals surface area contributed by atoms with Crippen molar-refractivity contribution < 1.29 is 42.2 Å². The van der Waals surface area contributed by atoms with Gasteiger partial charge in [0.25, 0.3) is 5.91 Å². The molecule has 6 atom stereocenters. The van der Waals surface area contributed by atoms with E-state index in [0.29, 0.717) is 19.4 Å². The molecule has 3 rings (SSSR count). The zero-order valence-electron chi connectivity index (χ0n) is 18.8. The summed E-state index contributed by atoms with van der Waals surface area (Å²) in [5, 5.41) is 12.9. The van der Waals surface area contributed by atoms with Gasteiger partial charge in [-0.15, -0.1) is 13.2 Å². The number of piperidine rings is 1. The number of aliphatic hydroxyl groups is 1. The van der Waals surface area contributed by atoms with Crippen molar-refractivity contribution in [3.63, 3.8) is 0 Å². The lowest BCUT2D eigenvalue weighted by atomic mass is 9.85. The third kappa shape index (κ3) is 6.53. The van der Waals surface area contributed by atoms with Crippen LogP contribution in [-0.4, -0.2) is 71.1 Å². The van der Waals surface area contributed by atoms with Gasteiger partial charge in [-0.3, -0.25) is 23.9 Å². The van der Waals surface area contributed by atoms with E-state index < -0.39 is 54.4 Å². The molecule has 0 bridgehead atoms. The summed E-state index contributed by atoms with van der Waals surface area (Å²) in [6.07, 6.45) is -4.83. The molecule has 0 aromatic heterocycles. The summed E-state index contributed by atoms with van der Waals surface area (Å²) in [6, 6.07) is -0.948. The quantitative estimate of drug-likeness (QED) is 0.468. The molecule has 0 aromatic rings. The van der Waals surface area contributed by atoms with E-state index in [9.17, 15) is 37.5 Å². The largest absolute Gasteiger partial charge is 0.522 e. The van der Waals surface area contributed by atoms with E-state index in [4.69, 9.17) is 0 Å². The lowest BCUT2D eigenvalue weighted by Gasteiger charge is -2.30. The molecule has 0 aromatic carbocycles. The molecule has 11 heteroatoms. The molecule has 186 valence electrons. The van der Waals surface area contributed by atoms with Gasteiger partial charge in [0.1, 0.15) is 12.7 Å². The van der Waals surface area contributed by atoms with Crippen LogP contribution < -0.4 is 5.32 Å². The number of nitrogens with zero attached hydrogens (tertiary/aromatic N) is 1. The first-order valence-corrected chi connectivity index (χ1v) is 11.4. The van der Waals surface area contributed by atoms with Crippen LogP contribution in [-0.2, 0) is 23.9 Å². The number of alkyl halides is 3. The number of aliphatic hydroxyl groups excluding tert-OH is 1. The highest BCUT2D eigenvalue weighted by Gasteiger charge is 2.56. The number of Topliss-reactive ketones (excluding diaryl/α,β-unsaturated/α-hetero) is 2. The number of hydrogen-bond donors (Lipinski definition) is 2. The number of carbonyl (C=O) groups is 4. The van der Waals surface area contributed by atoms with Crippen molar-refractivity contribution in [2.75, 3.05) is 13.2 Å². The summed E-state index contributed by atoms with van der Waals surface area (Å²) < 4.78 is 41.0. The number of hydrogen-bond acceptors (Lipinski definition) is 6. The predicted molar refractivity (Wildman–Crippen MR) is 108 cm³/mol. The minimum Gasteiger partial charge on any atom is -0.383 e. The Kier molecular flexibility index (Phi) is 7.83. The van der Waals surface area contributed by atoms with Crippen LogP contribution in [0.5, 0.6) is 0 Å². The zero-order chi connectivity index (χ0) is 24.5. The molecule has 2 aliphatic heterocycles. The number of ether oxygens (including phenoxy) is 1. The smallest absolute Gasteiger partial charge is 0.383 e. The third-order valence-corrected chi connectivity index (χ3v) is 6.72. The Balaban J connectivity index is 1.69. The van der Waals surface area contributed by atoms with Crippen LogP contribution in [0.3, 0.4) is 0 Å². The summed E-state index contributed by atoms with van der Waals surface area (Å²) in [5.41, 5.74) is 0. The summed E-state index contributed by atoms with van der Waals surface area (Å²) in [6.45, 7) is 2.89. The van der Waals surface area contributed by atoms with Crippen molar-refractivity contribution in [1.29, 1.82) is 0 Å². The van der Waals surface area contributed by atoms with E-state index in [-0.39, 0.29) is 43.0 Å². The predicted octanol–water partition coefficient (Wildman–Crippen LogP) is 1.59. The molecule has 2 saturated heterocycles. The monoisotopic (exact) mass is 476 g/mol. The lowest BCUT2D eigenvalue weighted by Crippen LogP contribution is -2.48. The number of halogens is 3. The zero-order valence-corrected chi connectivity index (χ0v) is 18.8. The molecule has 2 amide bonds. The van der Waals surface area contributed by atoms with Crippen LogP contribution in [0.25, 0.3) is 0 Å². The van der Waals surface area contributed by atoms with Crippen molar-refractivity contribution in [3.8, 4) is 0 Å². The summed E-state index contributed by atoms with van der Waals surface area (Å²) in [7, 11) is 0. The van der Waals surface area contributed by atoms with E-state index in [2.05, 4.69) is 10.1 Å². The highest BCUT2D eigenvalue weighted by atomic mass is 19.4. The standard InChI is InChI=1S/C22H31F3N2O6/c1-11(2)5-18(29)21(32)27-15-7-13(15)8-16(27)17(28)9-14(6-12-3-4-26-20(12)31)19(30)10-33-22(23,24)25/h11-16,18,29H,3-10H2,1-2H3,(H,26,31)/t12-,13+,14+,15+,16-,18+/m0/s1. The van der Waals surface area contributed by atoms with Crippen molar-refractivity contribution >= 4 is 23.4 Å². The summed E-state index contributed by atoms with van der Waals surface area (Å²) in [4.78, 5) is 51.9. The number of likely N-dealkylation sites (tertiary alicyclic amines) is 1. The first-order chi connectivity index (χ1) is 15.4. The Labute approximate surface area is 190 Å². The maximum Gasteiger partial charge on any atom is 0.522 e. The first-order valence-electron chi connectivity index (χ1n) is 11.4. The minimum absolute atomic E-state index is 0.0544. The van der Waals surface area contributed by atoms with Gasteiger partial charge in [0.05, 0.1) is 6.04 Å². The SMILES string of the molecule is CC(C)C[C@@H](O)C(=O)N1[C@@H]2C[C@@H]2C[C@H]1C(=O)C[C@@H](C[C@@H]1CCNC1=O)C(=O)COC(F)(F)F. The minimum atomic E-state index is -4.99. The van der Waals surface area contributed by atoms with E-state index >= 15 is 0 Å². The second-order valence-corrected chi connectivity index (χ2v) is 9.79. The molecule has 33 heavy (non-hydrogen) atoms. The van der Waals surface area contributed by atoms with Gasteiger partial charge in [-0.2, -0.15) is 0 Å². The maximum absolute atomic E-state index is 13.2. The lowest BCUT2D eigenvalue weighted by molar-refractivity contribution is -0.321. The molecule has 1 saturated carbocycles. The van der Waals surface area contributed by atoms with E-state index in [0.717, 1.165) is 6.42 Å². The number of rotatable bonds is 11. The highest BCUT2D eigenvalue weighted by molar-refractivity contribution is 5.95. The fraction of sp³-hybridized carbons (Fsp3) is 0.818. The summed E-state index contributed by atoms with van der Waals surface area (Å²) in [5.74, 6) is -3.62. The van der Waals surface area contributed by atoms with Crippen molar-refractivity contribution in [3.05, 3.63) is 0 Å². The van der Waals surface area contributed by atoms with Crippen molar-refractivity contribution in [2.45, 2.75) is 76.9 Å². The van der Waals surface area contributed by atoms with E-state index in [1.54, 1.807) is 0 Å². The first kappa shape index (κ1) is 25.6. The van der Waals surface area contributed by atoms with Gasteiger partial charge in [0, 0.05) is 30.8 Å². The molecule has 3 fully saturated rings. The second kappa shape index (κ2) is 10.1. The fourth-order valence-corrected chi connectivity index (χ4v) is 4.97. The molecule has 1 aliphatic carbocycles. The van der Waals surface area contributed by atoms with Crippen LogP contribution in [0.15, 0.2) is 0 Å². The van der Waals surface area contributed by atoms with Gasteiger partial charge in [-0.1, -0.05) is 13.8 Å². The molecule has 3 aliphatic rings. The molecule has 2 N–H and O–H groups in total. The van der Waals surface area contributed by atoms with E-state index in [1.165, 1.54) is 4.90 Å². The summed E-state index contributed by atoms with van der Waals surface area (Å²) >= 11 is 0. The fourth-order valence-electron chi connectivity index (χ4n) is 4.97. The maximum atomic E-state index is 13.2. The van der Waals surface area contributed by atoms with Gasteiger partial charge >= 0.3 is 6.36 Å². The van der Waals surface area contributed by atoms with Crippen LogP contribution in [0.2, 0.25) is 0 Å². The average Bonchev–Trinajstić information content (AvgIpc) is 3.19. The molecule has 2 heterocycles. The molecule has 8 nitrogen and oxygen atoms in total. The molecule has 0 unspecified atom stereocenters. The van der Waals surface area contributed by atoms with Gasteiger partial charge in [0.2, 0.25) is 5.91 Å². The van der Waals surface area contributed by atoms with Crippen LogP contribution in [0.1, 0.15) is 52.4 Å². The Morgan fingerprint density at radius 3 is 2.52 bits per heavy atom. The topological polar surface area (TPSA) is 113 Å². The van der Waals surface area contributed by atoms with Gasteiger partial charge in [-0.05, 0) is 43.9 Å². The number of nitrogens with one attached hydrogen (secondary N) is 1. The van der Waals surface area contributed by atoms with E-state index in [1.807, 2.05) is 13.8 Å². The van der Waals surface area contributed by atoms with Gasteiger partial charge in [-0.25, -0.2) is 0 Å². The van der Waals surface area contributed by atoms with Crippen LogP contribution >= 0.6 is 0 Å². The highest BCUT2D eigenvalue weighted by Crippen LogP contribution is 2.49. The molecular formula is C22H31F3N2O6. The number of carbonyl (C=O) groups excluding carboxylic acids is 4. The Bertz CT molecular complexity index is 787. The Morgan fingerprint density at radius 2 is 1.94 bits per heavy atom. The normalized spacial score (nSPS) is 28.5. The number of ketones is 2. The molecule has 0 spiro atoms. The average molecular weight is 476 g/mol. The molecule has 0 radical (unpaired) electrons. The van der Waals surface area contributed by atoms with Crippen LogP contribution in [0, 0.1) is 23.7 Å². The number of amides is 2. The number of fused-ring (bicyclic) bond motifs is 1. The van der Waals surface area contributed by atoms with Crippen molar-refractivity contribution in [1.82, 2.24) is 10.2 Å². The van der Waals surface area contributed by atoms with Crippen molar-refractivity contribution in [2.24, 2.45) is 23.7 Å².